The van der Waals surface area contributed by atoms with Gasteiger partial charge in [0.05, 0.1) is 18.5 Å². The highest BCUT2D eigenvalue weighted by atomic mass is 16.5. The van der Waals surface area contributed by atoms with Gasteiger partial charge in [-0.1, -0.05) is 0 Å². The summed E-state index contributed by atoms with van der Waals surface area (Å²) in [6.07, 6.45) is 2.64. The number of nitrogens with two attached hydrogens (primary N) is 1. The third-order valence-corrected chi connectivity index (χ3v) is 3.05. The highest BCUT2D eigenvalue weighted by Gasteiger charge is 2.32. The lowest BCUT2D eigenvalue weighted by Gasteiger charge is -2.12. The number of anilines is 1. The second-order valence-electron chi connectivity index (χ2n) is 4.18. The van der Waals surface area contributed by atoms with E-state index in [1.807, 2.05) is 6.92 Å². The van der Waals surface area contributed by atoms with E-state index in [4.69, 9.17) is 10.5 Å². The van der Waals surface area contributed by atoms with Crippen LogP contribution < -0.4 is 5.73 Å². The molecule has 90 valence electrons. The van der Waals surface area contributed by atoms with Gasteiger partial charge in [-0.2, -0.15) is 0 Å². The van der Waals surface area contributed by atoms with Gasteiger partial charge in [-0.3, -0.25) is 4.57 Å². The average molecular weight is 235 g/mol. The maximum Gasteiger partial charge on any atom is 0.167 e. The van der Waals surface area contributed by atoms with E-state index in [1.54, 1.807) is 10.9 Å². The number of nitrogens with zero attached hydrogens (tertiary/aromatic N) is 4. The molecule has 0 bridgehead atoms. The molecule has 2 aromatic heterocycles. The molecule has 0 saturated carbocycles. The van der Waals surface area contributed by atoms with Crippen molar-refractivity contribution in [3.05, 3.63) is 12.7 Å². The van der Waals surface area contributed by atoms with Gasteiger partial charge in [-0.15, -0.1) is 0 Å². The van der Waals surface area contributed by atoms with Gasteiger partial charge in [0.25, 0.3) is 0 Å². The summed E-state index contributed by atoms with van der Waals surface area (Å²) in [5.41, 5.74) is 6.89. The van der Waals surface area contributed by atoms with Crippen LogP contribution in [0.2, 0.25) is 0 Å². The number of imidazole rings is 1. The lowest BCUT2D eigenvalue weighted by molar-refractivity contribution is -0.00632. The highest BCUT2D eigenvalue weighted by Crippen LogP contribution is 2.30. The van der Waals surface area contributed by atoms with Crippen LogP contribution in [-0.2, 0) is 4.74 Å². The fourth-order valence-electron chi connectivity index (χ4n) is 2.05. The molecule has 1 aliphatic rings. The summed E-state index contributed by atoms with van der Waals surface area (Å²) in [5.74, 6) is 0.348. The van der Waals surface area contributed by atoms with Crippen LogP contribution in [0.4, 0.5) is 5.82 Å². The number of aromatic nitrogens is 4. The van der Waals surface area contributed by atoms with Gasteiger partial charge in [-0.05, 0) is 6.92 Å². The van der Waals surface area contributed by atoms with Crippen molar-refractivity contribution in [3.8, 4) is 0 Å². The van der Waals surface area contributed by atoms with E-state index in [9.17, 15) is 5.11 Å². The summed E-state index contributed by atoms with van der Waals surface area (Å²) >= 11 is 0. The van der Waals surface area contributed by atoms with Crippen LogP contribution in [-0.4, -0.2) is 36.8 Å². The molecule has 0 unspecified atom stereocenters. The second-order valence-corrected chi connectivity index (χ2v) is 4.18. The molecule has 0 spiro atoms. The van der Waals surface area contributed by atoms with Crippen LogP contribution in [0.25, 0.3) is 11.2 Å². The van der Waals surface area contributed by atoms with E-state index in [0.717, 1.165) is 0 Å². The largest absolute Gasteiger partial charge is 0.390 e. The molecular weight excluding hydrogens is 222 g/mol. The number of fused-ring (bicyclic) bond motifs is 1. The molecule has 3 atom stereocenters. The summed E-state index contributed by atoms with van der Waals surface area (Å²) in [6, 6.07) is 0. The van der Waals surface area contributed by atoms with Gasteiger partial charge in [0, 0.05) is 6.42 Å². The first-order valence-corrected chi connectivity index (χ1v) is 5.43. The molecule has 1 aliphatic heterocycles. The van der Waals surface area contributed by atoms with E-state index in [2.05, 4.69) is 15.0 Å². The Hall–Kier alpha value is -1.73. The molecule has 7 heteroatoms. The number of rotatable bonds is 1. The molecule has 3 heterocycles. The van der Waals surface area contributed by atoms with Gasteiger partial charge in [0.1, 0.15) is 18.1 Å². The zero-order valence-corrected chi connectivity index (χ0v) is 9.32. The normalized spacial score (nSPS) is 28.9. The topological polar surface area (TPSA) is 99.1 Å². The fraction of sp³-hybridized carbons (Fsp3) is 0.500. The Balaban J connectivity index is 2.04. The van der Waals surface area contributed by atoms with Gasteiger partial charge in [0.2, 0.25) is 0 Å². The quantitative estimate of drug-likeness (QED) is 0.726. The maximum atomic E-state index is 9.68. The highest BCUT2D eigenvalue weighted by molar-refractivity contribution is 5.81. The lowest BCUT2D eigenvalue weighted by atomic mass is 10.2. The first kappa shape index (κ1) is 10.4. The summed E-state index contributed by atoms with van der Waals surface area (Å²) in [5, 5.41) is 9.68. The predicted molar refractivity (Wildman–Crippen MR) is 59.9 cm³/mol. The number of ether oxygens (including phenoxy) is 1. The van der Waals surface area contributed by atoms with Gasteiger partial charge in [-0.25, -0.2) is 15.0 Å². The van der Waals surface area contributed by atoms with Crippen molar-refractivity contribution in [1.29, 1.82) is 0 Å². The summed E-state index contributed by atoms with van der Waals surface area (Å²) in [4.78, 5) is 12.2. The van der Waals surface area contributed by atoms with Crippen molar-refractivity contribution in [3.63, 3.8) is 0 Å². The third kappa shape index (κ3) is 1.55. The Labute approximate surface area is 97.3 Å². The first-order valence-electron chi connectivity index (χ1n) is 5.43. The first-order chi connectivity index (χ1) is 8.16. The predicted octanol–water partition coefficient (Wildman–Crippen LogP) is 0.0768. The Morgan fingerprint density at radius 3 is 3.00 bits per heavy atom. The van der Waals surface area contributed by atoms with Crippen LogP contribution in [0.3, 0.4) is 0 Å². The van der Waals surface area contributed by atoms with Crippen molar-refractivity contribution in [2.75, 3.05) is 5.73 Å². The zero-order chi connectivity index (χ0) is 12.0. The van der Waals surface area contributed by atoms with E-state index >= 15 is 0 Å². The van der Waals surface area contributed by atoms with Crippen molar-refractivity contribution >= 4 is 17.0 Å². The van der Waals surface area contributed by atoms with Crippen molar-refractivity contribution in [2.24, 2.45) is 0 Å². The minimum absolute atomic E-state index is 0.184. The maximum absolute atomic E-state index is 9.68. The minimum Gasteiger partial charge on any atom is -0.390 e. The van der Waals surface area contributed by atoms with Crippen LogP contribution in [0, 0.1) is 0 Å². The molecule has 1 saturated heterocycles. The number of hydrogen-bond acceptors (Lipinski definition) is 6. The number of aliphatic hydroxyl groups is 1. The second kappa shape index (κ2) is 3.64. The van der Waals surface area contributed by atoms with E-state index in [-0.39, 0.29) is 12.3 Å². The Morgan fingerprint density at radius 1 is 1.47 bits per heavy atom. The SMILES string of the molecule is C[C@H]1O[C@H](n2cnc3c(N)ncnc32)C[C@@H]1O. The van der Waals surface area contributed by atoms with Crippen molar-refractivity contribution in [2.45, 2.75) is 31.8 Å². The molecule has 1 fully saturated rings. The smallest absolute Gasteiger partial charge is 0.167 e. The van der Waals surface area contributed by atoms with E-state index < -0.39 is 6.10 Å². The van der Waals surface area contributed by atoms with Crippen molar-refractivity contribution in [1.82, 2.24) is 19.5 Å². The third-order valence-electron chi connectivity index (χ3n) is 3.05. The van der Waals surface area contributed by atoms with Gasteiger partial charge < -0.3 is 15.6 Å². The van der Waals surface area contributed by atoms with Gasteiger partial charge >= 0.3 is 0 Å². The van der Waals surface area contributed by atoms with Gasteiger partial charge in [0.15, 0.2) is 11.5 Å². The lowest BCUT2D eigenvalue weighted by Crippen LogP contribution is -2.15. The Bertz CT molecular complexity index is 545. The standard InChI is InChI=1S/C10H13N5O2/c1-5-6(16)2-7(17-5)15-4-14-8-9(11)12-3-13-10(8)15/h3-7,16H,2H2,1H3,(H2,11,12,13)/t5-,6+,7+/m1/s1. The summed E-state index contributed by atoms with van der Waals surface area (Å²) in [7, 11) is 0. The summed E-state index contributed by atoms with van der Waals surface area (Å²) < 4.78 is 7.42. The minimum atomic E-state index is -0.461. The van der Waals surface area contributed by atoms with Crippen LogP contribution >= 0.6 is 0 Å². The number of aliphatic hydroxyl groups excluding tert-OH is 1. The number of nitrogen functional groups attached to an aromatic ring is 1. The average Bonchev–Trinajstić information content (AvgIpc) is 2.85. The Morgan fingerprint density at radius 2 is 2.29 bits per heavy atom. The van der Waals surface area contributed by atoms with Crippen LogP contribution in [0.15, 0.2) is 12.7 Å². The molecule has 0 aliphatic carbocycles. The molecule has 2 aromatic rings. The number of hydrogen-bond donors (Lipinski definition) is 2. The molecule has 0 aromatic carbocycles. The fourth-order valence-corrected chi connectivity index (χ4v) is 2.05. The summed E-state index contributed by atoms with van der Waals surface area (Å²) in [6.45, 7) is 1.84. The van der Waals surface area contributed by atoms with E-state index in [0.29, 0.717) is 23.4 Å². The monoisotopic (exact) mass is 235 g/mol. The van der Waals surface area contributed by atoms with Crippen LogP contribution in [0.1, 0.15) is 19.6 Å². The molecule has 17 heavy (non-hydrogen) atoms. The molecule has 0 radical (unpaired) electrons. The van der Waals surface area contributed by atoms with E-state index in [1.165, 1.54) is 6.33 Å². The molecular formula is C10H13N5O2. The van der Waals surface area contributed by atoms with Crippen molar-refractivity contribution < 1.29 is 9.84 Å². The molecule has 7 nitrogen and oxygen atoms in total. The Kier molecular flexibility index (Phi) is 2.23. The zero-order valence-electron chi connectivity index (χ0n) is 9.32. The molecule has 3 rings (SSSR count). The molecule has 3 N–H and O–H groups in total. The van der Waals surface area contributed by atoms with Crippen LogP contribution in [0.5, 0.6) is 0 Å². The molecule has 0 amide bonds.